The largest absolute Gasteiger partial charge is 0.416 e. The second-order valence-electron chi connectivity index (χ2n) is 5.22. The number of nitrogens with zero attached hydrogens (tertiary/aromatic N) is 2. The van der Waals surface area contributed by atoms with E-state index < -0.39 is 17.8 Å². The van der Waals surface area contributed by atoms with Crippen LogP contribution in [-0.4, -0.2) is 14.8 Å². The first-order valence-electron chi connectivity index (χ1n) is 6.90. The molecule has 1 aromatic carbocycles. The van der Waals surface area contributed by atoms with E-state index in [0.717, 1.165) is 23.3 Å². The van der Waals surface area contributed by atoms with Crippen molar-refractivity contribution in [3.63, 3.8) is 0 Å². The zero-order chi connectivity index (χ0) is 16.6. The Kier molecular flexibility index (Phi) is 3.93. The number of alkyl halides is 3. The van der Waals surface area contributed by atoms with Crippen molar-refractivity contribution in [2.75, 3.05) is 0 Å². The molecule has 0 aliphatic heterocycles. The zero-order valence-corrected chi connectivity index (χ0v) is 12.9. The number of H-pyrrole nitrogens is 1. The Morgan fingerprint density at radius 2 is 2.00 bits per heavy atom. The normalized spacial score (nSPS) is 13.3. The molecule has 1 unspecified atom stereocenters. The molecule has 3 nitrogen and oxygen atoms in total. The van der Waals surface area contributed by atoms with Crippen molar-refractivity contribution in [1.29, 1.82) is 0 Å². The minimum absolute atomic E-state index is 0.282. The summed E-state index contributed by atoms with van der Waals surface area (Å²) in [4.78, 5) is 2.95. The van der Waals surface area contributed by atoms with Crippen LogP contribution >= 0.6 is 11.6 Å². The number of rotatable bonds is 3. The topological polar surface area (TPSA) is 33.6 Å². The van der Waals surface area contributed by atoms with E-state index in [4.69, 9.17) is 11.6 Å². The second-order valence-corrected chi connectivity index (χ2v) is 5.63. The first-order chi connectivity index (χ1) is 10.9. The molecule has 0 fully saturated rings. The van der Waals surface area contributed by atoms with Gasteiger partial charge in [0.25, 0.3) is 0 Å². The number of halogens is 4. The van der Waals surface area contributed by atoms with Crippen molar-refractivity contribution in [3.8, 4) is 11.1 Å². The van der Waals surface area contributed by atoms with Crippen LogP contribution in [0.1, 0.15) is 24.1 Å². The lowest BCUT2D eigenvalue weighted by Crippen LogP contribution is -2.11. The fourth-order valence-corrected chi connectivity index (χ4v) is 2.66. The zero-order valence-electron chi connectivity index (χ0n) is 12.1. The Balaban J connectivity index is 1.96. The molecular formula is C16H13ClF3N3. The van der Waals surface area contributed by atoms with Gasteiger partial charge in [0.15, 0.2) is 0 Å². The van der Waals surface area contributed by atoms with Gasteiger partial charge in [-0.2, -0.15) is 18.3 Å². The molecule has 2 heterocycles. The van der Waals surface area contributed by atoms with E-state index in [1.807, 2.05) is 12.3 Å². The number of hydrogen-bond acceptors (Lipinski definition) is 1. The Morgan fingerprint density at radius 1 is 1.22 bits per heavy atom. The van der Waals surface area contributed by atoms with E-state index in [1.165, 1.54) is 6.07 Å². The molecule has 1 N–H and O–H groups in total. The Labute approximate surface area is 135 Å². The average Bonchev–Trinajstić information content (AvgIpc) is 3.17. The monoisotopic (exact) mass is 339 g/mol. The summed E-state index contributed by atoms with van der Waals surface area (Å²) in [6.07, 6.45) is 2.66. The standard InChI is InChI=1S/C16H13ClF3N3/c1-10(14-6-13(16(18,19)20)2-3-15(14)17)23-9-12(8-22-23)11-4-5-21-7-11/h2-10,21H,1H3. The molecule has 23 heavy (non-hydrogen) atoms. The van der Waals surface area contributed by atoms with Crippen molar-refractivity contribution in [3.05, 3.63) is 65.2 Å². The lowest BCUT2D eigenvalue weighted by molar-refractivity contribution is -0.137. The lowest BCUT2D eigenvalue weighted by Gasteiger charge is -2.16. The predicted octanol–water partition coefficient (Wildman–Crippen LogP) is 5.16. The summed E-state index contributed by atoms with van der Waals surface area (Å²) in [5, 5.41) is 4.53. The second kappa shape index (κ2) is 5.77. The first-order valence-corrected chi connectivity index (χ1v) is 7.28. The lowest BCUT2D eigenvalue weighted by atomic mass is 10.0. The molecule has 120 valence electrons. The minimum Gasteiger partial charge on any atom is -0.367 e. The van der Waals surface area contributed by atoms with Crippen molar-refractivity contribution < 1.29 is 13.2 Å². The van der Waals surface area contributed by atoms with Crippen LogP contribution in [-0.2, 0) is 6.18 Å². The maximum Gasteiger partial charge on any atom is 0.416 e. The summed E-state index contributed by atoms with van der Waals surface area (Å²) >= 11 is 6.08. The quantitative estimate of drug-likeness (QED) is 0.702. The van der Waals surface area contributed by atoms with Crippen LogP contribution in [0.25, 0.3) is 11.1 Å². The molecular weight excluding hydrogens is 327 g/mol. The van der Waals surface area contributed by atoms with Crippen LogP contribution < -0.4 is 0 Å². The average molecular weight is 340 g/mol. The third-order valence-corrected chi connectivity index (χ3v) is 4.05. The van der Waals surface area contributed by atoms with Crippen molar-refractivity contribution in [1.82, 2.24) is 14.8 Å². The molecule has 3 aromatic rings. The molecule has 2 aromatic heterocycles. The van der Waals surface area contributed by atoms with Gasteiger partial charge >= 0.3 is 6.18 Å². The molecule has 0 amide bonds. The predicted molar refractivity (Wildman–Crippen MR) is 82.3 cm³/mol. The number of benzene rings is 1. The van der Waals surface area contributed by atoms with Gasteiger partial charge < -0.3 is 4.98 Å². The van der Waals surface area contributed by atoms with Crippen molar-refractivity contribution in [2.45, 2.75) is 19.1 Å². The highest BCUT2D eigenvalue weighted by Gasteiger charge is 2.31. The summed E-state index contributed by atoms with van der Waals surface area (Å²) in [6.45, 7) is 1.76. The minimum atomic E-state index is -4.40. The fourth-order valence-electron chi connectivity index (χ4n) is 2.39. The summed E-state index contributed by atoms with van der Waals surface area (Å²) in [6, 6.07) is 4.80. The van der Waals surface area contributed by atoms with E-state index in [0.29, 0.717) is 5.56 Å². The summed E-state index contributed by atoms with van der Waals surface area (Å²) in [5.74, 6) is 0. The van der Waals surface area contributed by atoms with Gasteiger partial charge in [-0.05, 0) is 36.8 Å². The molecule has 0 bridgehead atoms. The molecule has 0 saturated carbocycles. The molecule has 0 aliphatic rings. The van der Waals surface area contributed by atoms with Crippen LogP contribution in [0, 0.1) is 0 Å². The van der Waals surface area contributed by atoms with E-state index in [1.54, 1.807) is 30.2 Å². The fraction of sp³-hybridized carbons (Fsp3) is 0.188. The van der Waals surface area contributed by atoms with Gasteiger partial charge in [-0.25, -0.2) is 0 Å². The van der Waals surface area contributed by atoms with Crippen LogP contribution in [0.2, 0.25) is 5.02 Å². The number of aromatic nitrogens is 3. The number of hydrogen-bond donors (Lipinski definition) is 1. The Bertz CT molecular complexity index is 806. The molecule has 0 saturated heterocycles. The van der Waals surface area contributed by atoms with E-state index >= 15 is 0 Å². The molecule has 7 heteroatoms. The highest BCUT2D eigenvalue weighted by atomic mass is 35.5. The summed E-state index contributed by atoms with van der Waals surface area (Å²) < 4.78 is 40.3. The van der Waals surface area contributed by atoms with E-state index in [9.17, 15) is 13.2 Å². The third-order valence-electron chi connectivity index (χ3n) is 3.70. The van der Waals surface area contributed by atoms with Gasteiger partial charge in [-0.3, -0.25) is 4.68 Å². The van der Waals surface area contributed by atoms with Gasteiger partial charge in [-0.15, -0.1) is 0 Å². The highest BCUT2D eigenvalue weighted by molar-refractivity contribution is 6.31. The Hall–Kier alpha value is -2.21. The van der Waals surface area contributed by atoms with Gasteiger partial charge in [0.2, 0.25) is 0 Å². The molecule has 0 spiro atoms. The van der Waals surface area contributed by atoms with Gasteiger partial charge in [0, 0.05) is 34.7 Å². The molecule has 0 radical (unpaired) electrons. The molecule has 3 rings (SSSR count). The van der Waals surface area contributed by atoms with Crippen molar-refractivity contribution >= 4 is 11.6 Å². The van der Waals surface area contributed by atoms with Crippen molar-refractivity contribution in [2.24, 2.45) is 0 Å². The van der Waals surface area contributed by atoms with Gasteiger partial charge in [0.1, 0.15) is 0 Å². The Morgan fingerprint density at radius 3 is 2.65 bits per heavy atom. The van der Waals surface area contributed by atoms with E-state index in [2.05, 4.69) is 10.1 Å². The maximum absolute atomic E-state index is 12.9. The van der Waals surface area contributed by atoms with Crippen LogP contribution in [0.5, 0.6) is 0 Å². The van der Waals surface area contributed by atoms with E-state index in [-0.39, 0.29) is 5.02 Å². The highest BCUT2D eigenvalue weighted by Crippen LogP contribution is 2.35. The SMILES string of the molecule is CC(c1cc(C(F)(F)F)ccc1Cl)n1cc(-c2cc[nH]c2)cn1. The molecule has 1 atom stereocenters. The van der Waals surface area contributed by atoms with Crippen LogP contribution in [0.3, 0.4) is 0 Å². The smallest absolute Gasteiger partial charge is 0.367 e. The maximum atomic E-state index is 12.9. The molecule has 0 aliphatic carbocycles. The first kappa shape index (κ1) is 15.7. The van der Waals surface area contributed by atoms with Crippen LogP contribution in [0.15, 0.2) is 49.1 Å². The van der Waals surface area contributed by atoms with Gasteiger partial charge in [-0.1, -0.05) is 11.6 Å². The number of aromatic amines is 1. The summed E-state index contributed by atoms with van der Waals surface area (Å²) in [5.41, 5.74) is 1.49. The third kappa shape index (κ3) is 3.12. The number of nitrogens with one attached hydrogen (secondary N) is 1. The van der Waals surface area contributed by atoms with Gasteiger partial charge in [0.05, 0.1) is 17.8 Å². The van der Waals surface area contributed by atoms with Crippen LogP contribution in [0.4, 0.5) is 13.2 Å². The summed E-state index contributed by atoms with van der Waals surface area (Å²) in [7, 11) is 0.